The lowest BCUT2D eigenvalue weighted by molar-refractivity contribution is 0.594. The van der Waals surface area contributed by atoms with E-state index in [4.69, 9.17) is 10.7 Å². The number of benzene rings is 2. The molecule has 2 N–H and O–H groups in total. The van der Waals surface area contributed by atoms with E-state index in [9.17, 15) is 0 Å². The Kier molecular flexibility index (Phi) is 4.65. The summed E-state index contributed by atoms with van der Waals surface area (Å²) in [6, 6.07) is 14.6. The van der Waals surface area contributed by atoms with Crippen LogP contribution >= 0.6 is 0 Å². The highest BCUT2D eigenvalue weighted by atomic mass is 15.1. The zero-order chi connectivity index (χ0) is 16.2. The van der Waals surface area contributed by atoms with Gasteiger partial charge in [0, 0.05) is 12.1 Å². The van der Waals surface area contributed by atoms with Crippen LogP contribution in [0, 0.1) is 6.92 Å². The molecule has 3 aromatic rings. The number of imidazole rings is 1. The van der Waals surface area contributed by atoms with Crippen LogP contribution in [0.3, 0.4) is 0 Å². The van der Waals surface area contributed by atoms with Crippen LogP contribution in [0.4, 0.5) is 5.69 Å². The number of anilines is 1. The monoisotopic (exact) mass is 307 g/mol. The number of unbranched alkanes of at least 4 members (excludes halogenated alkanes) is 3. The van der Waals surface area contributed by atoms with Crippen molar-refractivity contribution >= 4 is 16.7 Å². The summed E-state index contributed by atoms with van der Waals surface area (Å²) in [6.45, 7) is 5.34. The normalized spacial score (nSPS) is 11.2. The van der Waals surface area contributed by atoms with E-state index in [2.05, 4.69) is 48.7 Å². The molecule has 0 atom stereocenters. The maximum Gasteiger partial charge on any atom is 0.141 e. The van der Waals surface area contributed by atoms with Crippen LogP contribution in [0.2, 0.25) is 0 Å². The van der Waals surface area contributed by atoms with Gasteiger partial charge in [0.1, 0.15) is 11.3 Å². The Balaban J connectivity index is 2.04. The fourth-order valence-electron chi connectivity index (χ4n) is 3.01. The minimum absolute atomic E-state index is 0.753. The third-order valence-electron chi connectivity index (χ3n) is 4.36. The third-order valence-corrected chi connectivity index (χ3v) is 4.36. The predicted octanol–water partition coefficient (Wildman–Crippen LogP) is 5.17. The van der Waals surface area contributed by atoms with Crippen molar-refractivity contribution in [1.82, 2.24) is 9.55 Å². The van der Waals surface area contributed by atoms with Gasteiger partial charge in [0.15, 0.2) is 0 Å². The number of aryl methyl sites for hydroxylation is 2. The van der Waals surface area contributed by atoms with E-state index < -0.39 is 0 Å². The predicted molar refractivity (Wildman–Crippen MR) is 98.5 cm³/mol. The molecule has 3 nitrogen and oxygen atoms in total. The average Bonchev–Trinajstić information content (AvgIpc) is 2.93. The Bertz CT molecular complexity index is 785. The lowest BCUT2D eigenvalue weighted by Gasteiger charge is -2.09. The molecule has 1 heterocycles. The second-order valence-electron chi connectivity index (χ2n) is 6.23. The van der Waals surface area contributed by atoms with Gasteiger partial charge in [0.25, 0.3) is 0 Å². The first kappa shape index (κ1) is 15.6. The maximum absolute atomic E-state index is 6.14. The standard InChI is InChI=1S/C20H25N3/c1-3-4-5-6-14-23-18-9-7-8-17(21)19(18)22-20(23)16-12-10-15(2)11-13-16/h7-13H,3-6,14,21H2,1-2H3. The van der Waals surface area contributed by atoms with Crippen molar-refractivity contribution < 1.29 is 0 Å². The molecule has 0 saturated heterocycles. The van der Waals surface area contributed by atoms with Gasteiger partial charge in [-0.15, -0.1) is 0 Å². The van der Waals surface area contributed by atoms with Crippen molar-refractivity contribution in [2.75, 3.05) is 5.73 Å². The van der Waals surface area contributed by atoms with Crippen LogP contribution in [0.25, 0.3) is 22.4 Å². The lowest BCUT2D eigenvalue weighted by Crippen LogP contribution is -2.01. The van der Waals surface area contributed by atoms with Gasteiger partial charge in [-0.05, 0) is 25.5 Å². The first-order valence-corrected chi connectivity index (χ1v) is 8.52. The van der Waals surface area contributed by atoms with Crippen LogP contribution in [0.15, 0.2) is 42.5 Å². The topological polar surface area (TPSA) is 43.8 Å². The fraction of sp³-hybridized carbons (Fsp3) is 0.350. The smallest absolute Gasteiger partial charge is 0.141 e. The average molecular weight is 307 g/mol. The van der Waals surface area contributed by atoms with Crippen molar-refractivity contribution in [1.29, 1.82) is 0 Å². The first-order valence-electron chi connectivity index (χ1n) is 8.52. The highest BCUT2D eigenvalue weighted by Gasteiger charge is 2.13. The minimum atomic E-state index is 0.753. The van der Waals surface area contributed by atoms with Crippen LogP contribution in [-0.4, -0.2) is 9.55 Å². The molecule has 0 fully saturated rings. The molecule has 0 amide bonds. The number of aromatic nitrogens is 2. The van der Waals surface area contributed by atoms with E-state index in [1.807, 2.05) is 12.1 Å². The van der Waals surface area contributed by atoms with E-state index in [1.165, 1.54) is 31.2 Å². The molecule has 0 aliphatic carbocycles. The van der Waals surface area contributed by atoms with Gasteiger partial charge < -0.3 is 10.3 Å². The molecule has 120 valence electrons. The number of nitrogens with zero attached hydrogens (tertiary/aromatic N) is 2. The molecule has 0 unspecified atom stereocenters. The summed E-state index contributed by atoms with van der Waals surface area (Å²) in [7, 11) is 0. The Morgan fingerprint density at radius 2 is 1.78 bits per heavy atom. The number of hydrogen-bond acceptors (Lipinski definition) is 2. The highest BCUT2D eigenvalue weighted by Crippen LogP contribution is 2.28. The lowest BCUT2D eigenvalue weighted by atomic mass is 10.1. The van der Waals surface area contributed by atoms with Gasteiger partial charge in [-0.1, -0.05) is 62.1 Å². The number of nitrogen functional groups attached to an aromatic ring is 1. The van der Waals surface area contributed by atoms with Gasteiger partial charge in [-0.3, -0.25) is 0 Å². The third kappa shape index (κ3) is 3.24. The van der Waals surface area contributed by atoms with Crippen molar-refractivity contribution in [2.45, 2.75) is 46.1 Å². The molecule has 0 saturated carbocycles. The van der Waals surface area contributed by atoms with Crippen molar-refractivity contribution in [3.05, 3.63) is 48.0 Å². The summed E-state index contributed by atoms with van der Waals surface area (Å²) in [5.41, 5.74) is 11.4. The Morgan fingerprint density at radius 3 is 2.52 bits per heavy atom. The van der Waals surface area contributed by atoms with Crippen LogP contribution < -0.4 is 5.73 Å². The van der Waals surface area contributed by atoms with E-state index in [0.717, 1.165) is 34.7 Å². The molecule has 1 aromatic heterocycles. The number of rotatable bonds is 6. The Hall–Kier alpha value is -2.29. The first-order chi connectivity index (χ1) is 11.2. The number of para-hydroxylation sites is 1. The summed E-state index contributed by atoms with van der Waals surface area (Å²) in [4.78, 5) is 4.85. The fourth-order valence-corrected chi connectivity index (χ4v) is 3.01. The summed E-state index contributed by atoms with van der Waals surface area (Å²) in [5, 5.41) is 0. The van der Waals surface area contributed by atoms with Crippen molar-refractivity contribution in [3.8, 4) is 11.4 Å². The molecular formula is C20H25N3. The van der Waals surface area contributed by atoms with Gasteiger partial charge in [-0.2, -0.15) is 0 Å². The summed E-state index contributed by atoms with van der Waals surface area (Å²) >= 11 is 0. The molecule has 0 aliphatic rings. The largest absolute Gasteiger partial charge is 0.397 e. The Morgan fingerprint density at radius 1 is 1.00 bits per heavy atom. The van der Waals surface area contributed by atoms with Gasteiger partial charge in [-0.25, -0.2) is 4.98 Å². The number of hydrogen-bond donors (Lipinski definition) is 1. The SMILES string of the molecule is CCCCCCn1c(-c2ccc(C)cc2)nc2c(N)cccc21. The van der Waals surface area contributed by atoms with Crippen molar-refractivity contribution in [2.24, 2.45) is 0 Å². The second kappa shape index (κ2) is 6.86. The van der Waals surface area contributed by atoms with Crippen molar-refractivity contribution in [3.63, 3.8) is 0 Å². The molecule has 23 heavy (non-hydrogen) atoms. The molecule has 3 rings (SSSR count). The van der Waals surface area contributed by atoms with Gasteiger partial charge in [0.05, 0.1) is 11.2 Å². The highest BCUT2D eigenvalue weighted by molar-refractivity contribution is 5.90. The summed E-state index contributed by atoms with van der Waals surface area (Å²) < 4.78 is 2.33. The quantitative estimate of drug-likeness (QED) is 0.504. The summed E-state index contributed by atoms with van der Waals surface area (Å²) in [6.07, 6.45) is 4.97. The molecule has 3 heteroatoms. The Labute approximate surface area is 138 Å². The zero-order valence-electron chi connectivity index (χ0n) is 14.0. The second-order valence-corrected chi connectivity index (χ2v) is 6.23. The van der Waals surface area contributed by atoms with E-state index in [-0.39, 0.29) is 0 Å². The van der Waals surface area contributed by atoms with Gasteiger partial charge >= 0.3 is 0 Å². The molecule has 2 aromatic carbocycles. The number of fused-ring (bicyclic) bond motifs is 1. The van der Waals surface area contributed by atoms with Crippen LogP contribution in [-0.2, 0) is 6.54 Å². The summed E-state index contributed by atoms with van der Waals surface area (Å²) in [5.74, 6) is 1.02. The molecular weight excluding hydrogens is 282 g/mol. The van der Waals surface area contributed by atoms with Crippen LogP contribution in [0.5, 0.6) is 0 Å². The zero-order valence-corrected chi connectivity index (χ0v) is 14.0. The molecule has 0 radical (unpaired) electrons. The van der Waals surface area contributed by atoms with Crippen LogP contribution in [0.1, 0.15) is 38.2 Å². The molecule has 0 bridgehead atoms. The van der Waals surface area contributed by atoms with E-state index >= 15 is 0 Å². The minimum Gasteiger partial charge on any atom is -0.397 e. The number of nitrogens with two attached hydrogens (primary N) is 1. The van der Waals surface area contributed by atoms with E-state index in [0.29, 0.717) is 0 Å². The van der Waals surface area contributed by atoms with E-state index in [1.54, 1.807) is 0 Å². The molecule has 0 aliphatic heterocycles. The van der Waals surface area contributed by atoms with Gasteiger partial charge in [0.2, 0.25) is 0 Å². The molecule has 0 spiro atoms. The maximum atomic E-state index is 6.14.